The van der Waals surface area contributed by atoms with E-state index in [0.29, 0.717) is 0 Å². The van der Waals surface area contributed by atoms with Gasteiger partial charge >= 0.3 is 6.18 Å². The van der Waals surface area contributed by atoms with E-state index >= 15 is 0 Å². The van der Waals surface area contributed by atoms with E-state index in [1.807, 2.05) is 18.2 Å². The van der Waals surface area contributed by atoms with E-state index in [1.165, 1.54) is 6.21 Å². The van der Waals surface area contributed by atoms with E-state index in [2.05, 4.69) is 10.5 Å². The smallest absolute Gasteiger partial charge is 0.386 e. The molecule has 0 heterocycles. The molecule has 1 N–H and O–H groups in total. The predicted molar refractivity (Wildman–Crippen MR) is 85.1 cm³/mol. The molecule has 2 aromatic carbocycles. The Bertz CT molecular complexity index is 734. The number of anilines is 1. The Balaban J connectivity index is 1.92. The molecule has 1 amide bonds. The summed E-state index contributed by atoms with van der Waals surface area (Å²) in [4.78, 5) is 16.5. The third-order valence-corrected chi connectivity index (χ3v) is 3.17. The molecular formula is C16H12ClF3N2O2. The maximum atomic E-state index is 12.6. The molecule has 0 spiro atoms. The van der Waals surface area contributed by atoms with Crippen LogP contribution in [0.3, 0.4) is 0 Å². The predicted octanol–water partition coefficient (Wildman–Crippen LogP) is 4.35. The van der Waals surface area contributed by atoms with Gasteiger partial charge in [0.2, 0.25) is 0 Å². The number of alkyl halides is 3. The molecular weight excluding hydrogens is 345 g/mol. The maximum Gasteiger partial charge on any atom is 0.416 e. The molecule has 4 nitrogen and oxygen atoms in total. The molecule has 0 aliphatic carbocycles. The first-order chi connectivity index (χ1) is 11.4. The summed E-state index contributed by atoms with van der Waals surface area (Å²) in [7, 11) is 0. The van der Waals surface area contributed by atoms with Crippen molar-refractivity contribution >= 4 is 29.4 Å². The average Bonchev–Trinajstić information content (AvgIpc) is 2.53. The monoisotopic (exact) mass is 356 g/mol. The van der Waals surface area contributed by atoms with Crippen molar-refractivity contribution in [3.8, 4) is 0 Å². The number of amides is 1. The van der Waals surface area contributed by atoms with Crippen LogP contribution in [-0.4, -0.2) is 18.7 Å². The van der Waals surface area contributed by atoms with Crippen LogP contribution >= 0.6 is 11.6 Å². The molecule has 0 unspecified atom stereocenters. The topological polar surface area (TPSA) is 50.7 Å². The minimum atomic E-state index is -4.53. The SMILES string of the molecule is O=C(CO/N=C\c1ccccc1)Nc1cc(C(F)(F)F)ccc1Cl. The molecule has 0 bridgehead atoms. The van der Waals surface area contributed by atoms with Gasteiger partial charge in [0.15, 0.2) is 6.61 Å². The van der Waals surface area contributed by atoms with Gasteiger partial charge in [-0.15, -0.1) is 0 Å². The molecule has 0 aromatic heterocycles. The van der Waals surface area contributed by atoms with Gasteiger partial charge in [0.05, 0.1) is 22.5 Å². The van der Waals surface area contributed by atoms with Gasteiger partial charge in [-0.25, -0.2) is 0 Å². The fourth-order valence-electron chi connectivity index (χ4n) is 1.72. The normalized spacial score (nSPS) is 11.5. The Hall–Kier alpha value is -2.54. The average molecular weight is 357 g/mol. The van der Waals surface area contributed by atoms with Crippen LogP contribution in [0.4, 0.5) is 18.9 Å². The van der Waals surface area contributed by atoms with Gasteiger partial charge in [0.25, 0.3) is 5.91 Å². The van der Waals surface area contributed by atoms with Gasteiger partial charge in [0.1, 0.15) is 0 Å². The number of carbonyl (C=O) groups excluding carboxylic acids is 1. The number of halogens is 4. The number of oxime groups is 1. The zero-order chi connectivity index (χ0) is 17.6. The zero-order valence-electron chi connectivity index (χ0n) is 12.2. The summed E-state index contributed by atoms with van der Waals surface area (Å²) in [5, 5.41) is 5.85. The van der Waals surface area contributed by atoms with Crippen molar-refractivity contribution in [2.45, 2.75) is 6.18 Å². The van der Waals surface area contributed by atoms with E-state index in [9.17, 15) is 18.0 Å². The number of nitrogens with zero attached hydrogens (tertiary/aromatic N) is 1. The lowest BCUT2D eigenvalue weighted by Crippen LogP contribution is -2.18. The number of hydrogen-bond donors (Lipinski definition) is 1. The van der Waals surface area contributed by atoms with Gasteiger partial charge in [-0.05, 0) is 23.8 Å². The Morgan fingerprint density at radius 1 is 1.21 bits per heavy atom. The Morgan fingerprint density at radius 2 is 1.92 bits per heavy atom. The fourth-order valence-corrected chi connectivity index (χ4v) is 1.88. The second-order valence-electron chi connectivity index (χ2n) is 4.66. The summed E-state index contributed by atoms with van der Waals surface area (Å²) in [5.74, 6) is -0.679. The van der Waals surface area contributed by atoms with Crippen LogP contribution in [0, 0.1) is 0 Å². The third kappa shape index (κ3) is 5.27. The highest BCUT2D eigenvalue weighted by atomic mass is 35.5. The minimum Gasteiger partial charge on any atom is -0.386 e. The van der Waals surface area contributed by atoms with E-state index in [1.54, 1.807) is 12.1 Å². The quantitative estimate of drug-likeness (QED) is 0.639. The fraction of sp³-hybridized carbons (Fsp3) is 0.125. The summed E-state index contributed by atoms with van der Waals surface area (Å²) < 4.78 is 37.9. The molecule has 0 saturated carbocycles. The van der Waals surface area contributed by atoms with Crippen LogP contribution in [0.15, 0.2) is 53.7 Å². The van der Waals surface area contributed by atoms with E-state index in [-0.39, 0.29) is 10.7 Å². The van der Waals surface area contributed by atoms with E-state index in [0.717, 1.165) is 23.8 Å². The third-order valence-electron chi connectivity index (χ3n) is 2.84. The van der Waals surface area contributed by atoms with Crippen molar-refractivity contribution in [1.29, 1.82) is 0 Å². The van der Waals surface area contributed by atoms with Crippen molar-refractivity contribution in [2.75, 3.05) is 11.9 Å². The van der Waals surface area contributed by atoms with E-state index < -0.39 is 24.3 Å². The molecule has 0 aliphatic heterocycles. The number of carbonyl (C=O) groups is 1. The van der Waals surface area contributed by atoms with Crippen molar-refractivity contribution in [1.82, 2.24) is 0 Å². The summed E-state index contributed by atoms with van der Waals surface area (Å²) >= 11 is 5.78. The van der Waals surface area contributed by atoms with Gasteiger partial charge in [0, 0.05) is 0 Å². The first kappa shape index (κ1) is 17.8. The van der Waals surface area contributed by atoms with Gasteiger partial charge in [-0.3, -0.25) is 4.79 Å². The molecule has 0 aliphatic rings. The molecule has 2 aromatic rings. The minimum absolute atomic E-state index is 0.0101. The summed E-state index contributed by atoms with van der Waals surface area (Å²) in [5.41, 5.74) is -0.281. The van der Waals surface area contributed by atoms with Crippen LogP contribution in [0.1, 0.15) is 11.1 Å². The second-order valence-corrected chi connectivity index (χ2v) is 5.07. The number of rotatable bonds is 5. The number of nitrogens with one attached hydrogen (secondary N) is 1. The lowest BCUT2D eigenvalue weighted by atomic mass is 10.2. The highest BCUT2D eigenvalue weighted by molar-refractivity contribution is 6.33. The van der Waals surface area contributed by atoms with Crippen LogP contribution in [0.5, 0.6) is 0 Å². The van der Waals surface area contributed by atoms with Gasteiger partial charge < -0.3 is 10.2 Å². The van der Waals surface area contributed by atoms with E-state index in [4.69, 9.17) is 16.4 Å². The zero-order valence-corrected chi connectivity index (χ0v) is 12.9. The molecule has 0 atom stereocenters. The Morgan fingerprint density at radius 3 is 2.58 bits per heavy atom. The van der Waals surface area contributed by atoms with Crippen LogP contribution in [-0.2, 0) is 15.8 Å². The van der Waals surface area contributed by atoms with Crippen molar-refractivity contribution < 1.29 is 22.8 Å². The standard InChI is InChI=1S/C16H12ClF3N2O2/c17-13-7-6-12(16(18,19)20)8-14(13)22-15(23)10-24-21-9-11-4-2-1-3-5-11/h1-9H,10H2,(H,22,23)/b21-9-. The van der Waals surface area contributed by atoms with Gasteiger partial charge in [-0.2, -0.15) is 13.2 Å². The summed E-state index contributed by atoms with van der Waals surface area (Å²) in [6, 6.07) is 11.7. The highest BCUT2D eigenvalue weighted by Gasteiger charge is 2.31. The van der Waals surface area contributed by atoms with Crippen LogP contribution in [0.25, 0.3) is 0 Å². The van der Waals surface area contributed by atoms with Crippen molar-refractivity contribution in [2.24, 2.45) is 5.16 Å². The summed E-state index contributed by atoms with van der Waals surface area (Å²) in [6.45, 7) is -0.462. The molecule has 8 heteroatoms. The number of hydrogen-bond acceptors (Lipinski definition) is 3. The number of benzene rings is 2. The lowest BCUT2D eigenvalue weighted by molar-refractivity contribution is -0.137. The summed E-state index contributed by atoms with van der Waals surface area (Å²) in [6.07, 6.45) is -3.12. The molecule has 2 rings (SSSR count). The Labute approximate surface area is 140 Å². The Kier molecular flexibility index (Phi) is 5.81. The van der Waals surface area contributed by atoms with Crippen molar-refractivity contribution in [3.63, 3.8) is 0 Å². The van der Waals surface area contributed by atoms with Crippen LogP contribution < -0.4 is 5.32 Å². The first-order valence-corrected chi connectivity index (χ1v) is 7.11. The highest BCUT2D eigenvalue weighted by Crippen LogP contribution is 2.33. The van der Waals surface area contributed by atoms with Crippen molar-refractivity contribution in [3.05, 3.63) is 64.7 Å². The molecule has 0 fully saturated rings. The van der Waals surface area contributed by atoms with Crippen LogP contribution in [0.2, 0.25) is 5.02 Å². The first-order valence-electron chi connectivity index (χ1n) is 6.73. The van der Waals surface area contributed by atoms with Gasteiger partial charge in [-0.1, -0.05) is 47.1 Å². The maximum absolute atomic E-state index is 12.6. The second kappa shape index (κ2) is 7.83. The molecule has 0 radical (unpaired) electrons. The molecule has 24 heavy (non-hydrogen) atoms. The molecule has 0 saturated heterocycles. The largest absolute Gasteiger partial charge is 0.416 e. The molecule has 126 valence electrons. The lowest BCUT2D eigenvalue weighted by Gasteiger charge is -2.11.